The molecule has 0 heterocycles. The third-order valence-electron chi connectivity index (χ3n) is 0.560. The van der Waals surface area contributed by atoms with Crippen LogP contribution in [0.2, 0.25) is 0 Å². The highest BCUT2D eigenvalue weighted by atomic mass is 127. The van der Waals surface area contributed by atoms with Crippen LogP contribution in [0.25, 0.3) is 0 Å². The lowest BCUT2D eigenvalue weighted by Crippen LogP contribution is -1.69. The molecule has 1 N–H and O–H groups in total. The van der Waals surface area contributed by atoms with Crippen LogP contribution < -0.4 is 5.43 Å². The van der Waals surface area contributed by atoms with Gasteiger partial charge < -0.3 is 5.11 Å². The lowest BCUT2D eigenvalue weighted by atomic mass is 11.0. The summed E-state index contributed by atoms with van der Waals surface area (Å²) in [5, 5.41) is 8.23. The first-order valence-corrected chi connectivity index (χ1v) is 2.45. The highest BCUT2D eigenvalue weighted by Gasteiger charge is 2.16. The molecule has 6 heavy (non-hydrogen) atoms. The Balaban J connectivity index is 3.11. The van der Waals surface area contributed by atoms with Gasteiger partial charge in [-0.2, -0.15) is 0 Å². The van der Waals surface area contributed by atoms with Crippen LogP contribution in [0.4, 0.5) is 0 Å². The first-order chi connectivity index (χ1) is 2.73. The van der Waals surface area contributed by atoms with Crippen LogP contribution in [0.1, 0.15) is 0 Å². The summed E-state index contributed by atoms with van der Waals surface area (Å²) in [6.45, 7) is 0. The van der Waals surface area contributed by atoms with Gasteiger partial charge in [-0.25, -0.2) is 0 Å². The monoisotopic (exact) mass is 196 g/mol. The summed E-state index contributed by atoms with van der Waals surface area (Å²) in [4.78, 5) is 9.89. The molecule has 0 aromatic heterocycles. The van der Waals surface area contributed by atoms with Gasteiger partial charge in [0.1, 0.15) is 3.57 Å². The largest absolute Gasteiger partial charge is 0.503 e. The Kier molecular flexibility index (Phi) is 0.657. The molecule has 3 heteroatoms. The molecular weight excluding hydrogens is 195 g/mol. The highest BCUT2D eigenvalue weighted by Crippen LogP contribution is 2.17. The molecule has 0 saturated heterocycles. The van der Waals surface area contributed by atoms with Gasteiger partial charge in [0, 0.05) is 0 Å². The molecule has 32 valence electrons. The van der Waals surface area contributed by atoms with Crippen molar-refractivity contribution in [2.24, 2.45) is 0 Å². The summed E-state index contributed by atoms with van der Waals surface area (Å²) in [5.41, 5.74) is -0.199. The van der Waals surface area contributed by atoms with E-state index in [-0.39, 0.29) is 11.2 Å². The van der Waals surface area contributed by atoms with E-state index in [1.54, 1.807) is 22.6 Å². The molecule has 2 nitrogen and oxygen atoms in total. The second-order valence-electron chi connectivity index (χ2n) is 0.992. The van der Waals surface area contributed by atoms with Crippen LogP contribution >= 0.6 is 22.6 Å². The molecule has 0 atom stereocenters. The van der Waals surface area contributed by atoms with Gasteiger partial charge in [-0.3, -0.25) is 4.79 Å². The van der Waals surface area contributed by atoms with Crippen molar-refractivity contribution in [2.45, 2.75) is 0 Å². The molecule has 0 fully saturated rings. The fourth-order valence-corrected chi connectivity index (χ4v) is 0.506. The molecule has 0 spiro atoms. The Morgan fingerprint density at radius 1 is 1.67 bits per heavy atom. The Morgan fingerprint density at radius 2 is 1.83 bits per heavy atom. The molecule has 1 aromatic carbocycles. The van der Waals surface area contributed by atoms with Crippen molar-refractivity contribution in [3.8, 4) is 5.75 Å². The lowest BCUT2D eigenvalue weighted by molar-refractivity contribution is 0.487. The van der Waals surface area contributed by atoms with Crippen molar-refractivity contribution >= 4 is 22.6 Å². The summed E-state index contributed by atoms with van der Waals surface area (Å²) in [5.74, 6) is -0.0596. The maximum absolute atomic E-state index is 9.89. The minimum absolute atomic E-state index is 0.0596. The van der Waals surface area contributed by atoms with Crippen LogP contribution in [-0.2, 0) is 0 Å². The van der Waals surface area contributed by atoms with Gasteiger partial charge in [-0.15, -0.1) is 0 Å². The normalized spacial score (nSPS) is 10.2. The van der Waals surface area contributed by atoms with Gasteiger partial charge in [0.2, 0.25) is 5.43 Å². The van der Waals surface area contributed by atoms with Crippen LogP contribution in [-0.4, -0.2) is 5.11 Å². The molecule has 1 aromatic rings. The summed E-state index contributed by atoms with van der Waals surface area (Å²) < 4.78 is 0.479. The first kappa shape index (κ1) is 4.11. The lowest BCUT2D eigenvalue weighted by Gasteiger charge is -1.52. The van der Waals surface area contributed by atoms with E-state index in [2.05, 4.69) is 0 Å². The van der Waals surface area contributed by atoms with E-state index >= 15 is 0 Å². The van der Waals surface area contributed by atoms with Crippen LogP contribution in [0.15, 0.2) is 4.79 Å². The molecule has 0 radical (unpaired) electrons. The zero-order valence-corrected chi connectivity index (χ0v) is 4.89. The van der Waals surface area contributed by atoms with E-state index < -0.39 is 0 Å². The van der Waals surface area contributed by atoms with E-state index in [4.69, 9.17) is 5.11 Å². The third kappa shape index (κ3) is 0.345. The molecule has 1 rings (SSSR count). The third-order valence-corrected chi connectivity index (χ3v) is 1.56. The van der Waals surface area contributed by atoms with E-state index in [9.17, 15) is 4.79 Å². The molecule has 0 aliphatic heterocycles. The van der Waals surface area contributed by atoms with E-state index in [1.165, 1.54) is 0 Å². The predicted molar refractivity (Wildman–Crippen MR) is 29.5 cm³/mol. The SMILES string of the molecule is O=c1c(O)c1I. The van der Waals surface area contributed by atoms with Crippen molar-refractivity contribution in [3.63, 3.8) is 0 Å². The van der Waals surface area contributed by atoms with Gasteiger partial charge in [-0.1, -0.05) is 0 Å². The number of rotatable bonds is 0. The molecular formula is C3HIO2. The molecule has 0 amide bonds. The Hall–Kier alpha value is -0.0600. The standard InChI is InChI=1S/C3HIO2/c4-1-2(5)3(1)6/h5H. The molecule has 0 aliphatic carbocycles. The minimum Gasteiger partial charge on any atom is -0.503 e. The van der Waals surface area contributed by atoms with Crippen LogP contribution in [0, 0.1) is 3.57 Å². The number of hydrogen-bond acceptors (Lipinski definition) is 2. The Labute approximate surface area is 47.6 Å². The highest BCUT2D eigenvalue weighted by molar-refractivity contribution is 14.1. The maximum atomic E-state index is 9.89. The molecule has 0 aliphatic rings. The van der Waals surface area contributed by atoms with Gasteiger partial charge in [-0.05, 0) is 22.6 Å². The Morgan fingerprint density at radius 3 is 1.83 bits per heavy atom. The maximum Gasteiger partial charge on any atom is 0.238 e. The van der Waals surface area contributed by atoms with E-state index in [0.717, 1.165) is 0 Å². The predicted octanol–water partition coefficient (Wildman–Crippen LogP) is 0.233. The van der Waals surface area contributed by atoms with Crippen LogP contribution in [0.5, 0.6) is 5.75 Å². The zero-order chi connectivity index (χ0) is 4.73. The van der Waals surface area contributed by atoms with Crippen molar-refractivity contribution in [1.82, 2.24) is 0 Å². The van der Waals surface area contributed by atoms with Gasteiger partial charge >= 0.3 is 0 Å². The molecule has 0 unspecified atom stereocenters. The number of aromatic hydroxyl groups is 1. The smallest absolute Gasteiger partial charge is 0.238 e. The topological polar surface area (TPSA) is 37.3 Å². The van der Waals surface area contributed by atoms with Crippen molar-refractivity contribution in [3.05, 3.63) is 13.8 Å². The fraction of sp³-hybridized carbons (Fsp3) is 0. The van der Waals surface area contributed by atoms with Crippen molar-refractivity contribution in [1.29, 1.82) is 0 Å². The summed E-state index contributed by atoms with van der Waals surface area (Å²) >= 11 is 1.79. The molecule has 0 bridgehead atoms. The second-order valence-corrected chi connectivity index (χ2v) is 2.07. The number of halogens is 1. The van der Waals surface area contributed by atoms with E-state index in [1.807, 2.05) is 0 Å². The zero-order valence-electron chi connectivity index (χ0n) is 2.73. The van der Waals surface area contributed by atoms with Crippen molar-refractivity contribution < 1.29 is 5.11 Å². The fourth-order valence-electron chi connectivity index (χ4n) is 0.140. The van der Waals surface area contributed by atoms with Crippen molar-refractivity contribution in [2.75, 3.05) is 0 Å². The second kappa shape index (κ2) is 0.959. The average Bonchev–Trinajstić information content (AvgIpc) is 1.94. The summed E-state index contributed by atoms with van der Waals surface area (Å²) in [6, 6.07) is 0. The number of hydrogen-bond donors (Lipinski definition) is 1. The van der Waals surface area contributed by atoms with Gasteiger partial charge in [0.15, 0.2) is 5.75 Å². The van der Waals surface area contributed by atoms with Crippen LogP contribution in [0.3, 0.4) is 0 Å². The summed E-state index contributed by atoms with van der Waals surface area (Å²) in [6.07, 6.45) is 0. The van der Waals surface area contributed by atoms with E-state index in [0.29, 0.717) is 3.57 Å². The first-order valence-electron chi connectivity index (χ1n) is 1.37. The molecule has 0 saturated carbocycles. The Bertz CT molecular complexity index is 155. The van der Waals surface area contributed by atoms with Gasteiger partial charge in [0.25, 0.3) is 0 Å². The average molecular weight is 196 g/mol. The summed E-state index contributed by atoms with van der Waals surface area (Å²) in [7, 11) is 0. The quantitative estimate of drug-likeness (QED) is 0.603. The van der Waals surface area contributed by atoms with Gasteiger partial charge in [0.05, 0.1) is 0 Å². The minimum atomic E-state index is -0.199.